The van der Waals surface area contributed by atoms with Crippen molar-refractivity contribution in [3.8, 4) is 33.8 Å². The summed E-state index contributed by atoms with van der Waals surface area (Å²) in [7, 11) is -4.43. The van der Waals surface area contributed by atoms with Crippen LogP contribution in [0, 0.1) is 0 Å². The van der Waals surface area contributed by atoms with Gasteiger partial charge < -0.3 is 30.1 Å². The van der Waals surface area contributed by atoms with Crippen molar-refractivity contribution in [1.82, 2.24) is 29.1 Å². The molecular formula is C48H50N10O6S2. The Balaban J connectivity index is 0.000000166. The molecule has 10 rings (SSSR count). The molecule has 4 aromatic carbocycles. The van der Waals surface area contributed by atoms with Gasteiger partial charge in [-0.1, -0.05) is 68.1 Å². The lowest BCUT2D eigenvalue weighted by atomic mass is 10.0. The fraction of sp³-hybridized carbons (Fsp3) is 0.250. The largest absolute Gasteiger partial charge is 0.496 e. The fourth-order valence-corrected chi connectivity index (χ4v) is 11.3. The standard InChI is InChI=1S/2C24H25N5O3S/c1-32-21-12-11-16(13-20(21)28-33(30,31)18-9-3-2-4-10-18)19-14-29(17-7-5-6-8-17)24-22(19)23(25)26-15-27-24;1-32-21-13-16(28-33(30,31)18-9-3-2-4-10-18)11-12-19(21)20-14-29(17-7-5-6-8-17)24-22(20)23(25)26-15-27-24/h2*2-4,9-15,17,28H,5-8H2,1H3,(H2,25,26,27). The maximum absolute atomic E-state index is 13.0. The van der Waals surface area contributed by atoms with E-state index in [-0.39, 0.29) is 9.79 Å². The van der Waals surface area contributed by atoms with E-state index in [1.54, 1.807) is 92.0 Å². The Bertz CT molecular complexity index is 3260. The van der Waals surface area contributed by atoms with E-state index in [2.05, 4.69) is 50.9 Å². The molecule has 16 nitrogen and oxygen atoms in total. The second-order valence-electron chi connectivity index (χ2n) is 16.4. The number of nitrogens with one attached hydrogen (secondary N) is 2. The number of nitrogens with two attached hydrogens (primary N) is 2. The van der Waals surface area contributed by atoms with Crippen molar-refractivity contribution in [2.24, 2.45) is 0 Å². The highest BCUT2D eigenvalue weighted by Crippen LogP contribution is 2.43. The topological polar surface area (TPSA) is 224 Å². The Kier molecular flexibility index (Phi) is 12.3. The normalized spacial score (nSPS) is 14.6. The van der Waals surface area contributed by atoms with E-state index in [1.807, 2.05) is 12.1 Å². The summed E-state index contributed by atoms with van der Waals surface area (Å²) in [6, 6.07) is 27.8. The summed E-state index contributed by atoms with van der Waals surface area (Å²) in [5.74, 6) is 1.75. The average Bonchev–Trinajstić information content (AvgIpc) is 4.17. The van der Waals surface area contributed by atoms with E-state index in [4.69, 9.17) is 20.9 Å². The van der Waals surface area contributed by atoms with Gasteiger partial charge in [0, 0.05) is 47.2 Å². The van der Waals surface area contributed by atoms with Crippen molar-refractivity contribution in [2.75, 3.05) is 35.1 Å². The minimum Gasteiger partial charge on any atom is -0.496 e. The zero-order valence-electron chi connectivity index (χ0n) is 36.5. The third-order valence-electron chi connectivity index (χ3n) is 12.3. The molecule has 340 valence electrons. The molecule has 0 atom stereocenters. The number of benzene rings is 4. The molecule has 0 amide bonds. The van der Waals surface area contributed by atoms with Gasteiger partial charge in [0.1, 0.15) is 47.1 Å². The Labute approximate surface area is 383 Å². The molecule has 8 aromatic rings. The zero-order valence-corrected chi connectivity index (χ0v) is 38.1. The number of sulfonamides is 2. The van der Waals surface area contributed by atoms with Crippen molar-refractivity contribution >= 4 is 65.1 Å². The molecule has 4 aromatic heterocycles. The highest BCUT2D eigenvalue weighted by atomic mass is 32.2. The molecule has 2 saturated carbocycles. The summed E-state index contributed by atoms with van der Waals surface area (Å²) in [4.78, 5) is 17.8. The number of ether oxygens (including phenoxy) is 2. The molecule has 6 N–H and O–H groups in total. The van der Waals surface area contributed by atoms with Gasteiger partial charge in [-0.3, -0.25) is 9.44 Å². The smallest absolute Gasteiger partial charge is 0.262 e. The van der Waals surface area contributed by atoms with Gasteiger partial charge in [-0.25, -0.2) is 36.8 Å². The second-order valence-corrected chi connectivity index (χ2v) is 19.7. The third kappa shape index (κ3) is 8.68. The van der Waals surface area contributed by atoms with Crippen LogP contribution >= 0.6 is 0 Å². The number of hydrogen-bond acceptors (Lipinski definition) is 12. The molecule has 0 spiro atoms. The SMILES string of the molecule is COc1cc(NS(=O)(=O)c2ccccc2)ccc1-c1cn(C2CCCC2)c2ncnc(N)c12.COc1ccc(-c2cn(C3CCCC3)c3ncnc(N)c23)cc1NS(=O)(=O)c1ccccc1. The third-order valence-corrected chi connectivity index (χ3v) is 15.1. The van der Waals surface area contributed by atoms with Crippen molar-refractivity contribution in [2.45, 2.75) is 73.2 Å². The summed E-state index contributed by atoms with van der Waals surface area (Å²) in [6.07, 6.45) is 16.3. The number of hydrogen-bond donors (Lipinski definition) is 4. The maximum Gasteiger partial charge on any atom is 0.262 e. The van der Waals surface area contributed by atoms with Crippen LogP contribution in [0.5, 0.6) is 11.5 Å². The number of nitrogens with zero attached hydrogens (tertiary/aromatic N) is 6. The molecule has 0 saturated heterocycles. The Morgan fingerprint density at radius 3 is 1.59 bits per heavy atom. The highest BCUT2D eigenvalue weighted by molar-refractivity contribution is 7.93. The van der Waals surface area contributed by atoms with Crippen LogP contribution in [0.2, 0.25) is 0 Å². The van der Waals surface area contributed by atoms with E-state index in [0.717, 1.165) is 70.0 Å². The van der Waals surface area contributed by atoms with Crippen molar-refractivity contribution in [3.63, 3.8) is 0 Å². The summed E-state index contributed by atoms with van der Waals surface area (Å²) >= 11 is 0. The van der Waals surface area contributed by atoms with Gasteiger partial charge in [0.25, 0.3) is 20.0 Å². The van der Waals surface area contributed by atoms with Crippen LogP contribution in [-0.2, 0) is 20.0 Å². The quantitative estimate of drug-likeness (QED) is 0.0900. The van der Waals surface area contributed by atoms with Crippen LogP contribution in [-0.4, -0.2) is 60.1 Å². The summed E-state index contributed by atoms with van der Waals surface area (Å²) in [5, 5.41) is 1.55. The van der Waals surface area contributed by atoms with Crippen LogP contribution in [0.4, 0.5) is 23.0 Å². The van der Waals surface area contributed by atoms with Crippen molar-refractivity contribution in [3.05, 3.63) is 122 Å². The van der Waals surface area contributed by atoms with Gasteiger partial charge >= 0.3 is 0 Å². The molecule has 2 aliphatic rings. The molecule has 0 aliphatic heterocycles. The predicted molar refractivity (Wildman–Crippen MR) is 257 cm³/mol. The Hall–Kier alpha value is -7.18. The average molecular weight is 927 g/mol. The second kappa shape index (κ2) is 18.4. The molecule has 66 heavy (non-hydrogen) atoms. The van der Waals surface area contributed by atoms with E-state index in [9.17, 15) is 16.8 Å². The monoisotopic (exact) mass is 926 g/mol. The van der Waals surface area contributed by atoms with Gasteiger partial charge in [0.05, 0.1) is 46.2 Å². The van der Waals surface area contributed by atoms with Crippen LogP contribution in [0.1, 0.15) is 63.5 Å². The van der Waals surface area contributed by atoms with Crippen LogP contribution in [0.3, 0.4) is 0 Å². The van der Waals surface area contributed by atoms with Gasteiger partial charge in [-0.05, 0) is 79.8 Å². The lowest BCUT2D eigenvalue weighted by molar-refractivity contribution is 0.416. The van der Waals surface area contributed by atoms with Gasteiger partial charge in [-0.15, -0.1) is 0 Å². The van der Waals surface area contributed by atoms with Gasteiger partial charge in [0.15, 0.2) is 0 Å². The maximum atomic E-state index is 13.0. The number of anilines is 4. The number of nitrogen functional groups attached to an aromatic ring is 2. The number of aromatic nitrogens is 6. The summed E-state index contributed by atoms with van der Waals surface area (Å²) in [5.41, 5.74) is 18.2. The highest BCUT2D eigenvalue weighted by Gasteiger charge is 2.26. The molecule has 4 heterocycles. The van der Waals surface area contributed by atoms with Gasteiger partial charge in [0.2, 0.25) is 0 Å². The first-order valence-electron chi connectivity index (χ1n) is 21.7. The zero-order chi connectivity index (χ0) is 46.0. The van der Waals surface area contributed by atoms with Crippen LogP contribution in [0.25, 0.3) is 44.3 Å². The minimum atomic E-state index is -3.79. The Morgan fingerprint density at radius 1 is 0.561 bits per heavy atom. The minimum absolute atomic E-state index is 0.174. The van der Waals surface area contributed by atoms with E-state index < -0.39 is 20.0 Å². The molecular weight excluding hydrogens is 877 g/mol. The first-order valence-corrected chi connectivity index (χ1v) is 24.7. The van der Waals surface area contributed by atoms with Gasteiger partial charge in [-0.2, -0.15) is 0 Å². The van der Waals surface area contributed by atoms with E-state index in [1.165, 1.54) is 45.4 Å². The number of rotatable bonds is 12. The van der Waals surface area contributed by atoms with Crippen molar-refractivity contribution < 1.29 is 26.3 Å². The van der Waals surface area contributed by atoms with Crippen LogP contribution < -0.4 is 30.4 Å². The number of fused-ring (bicyclic) bond motifs is 2. The van der Waals surface area contributed by atoms with Crippen LogP contribution in [0.15, 0.2) is 132 Å². The molecule has 0 radical (unpaired) electrons. The molecule has 18 heteroatoms. The predicted octanol–water partition coefficient (Wildman–Crippen LogP) is 9.21. The summed E-state index contributed by atoms with van der Waals surface area (Å²) < 4.78 is 72.1. The fourth-order valence-electron chi connectivity index (χ4n) is 9.11. The molecule has 0 unspecified atom stereocenters. The lowest BCUT2D eigenvalue weighted by Gasteiger charge is -2.14. The Morgan fingerprint density at radius 2 is 1.06 bits per heavy atom. The molecule has 2 aliphatic carbocycles. The first-order chi connectivity index (χ1) is 32.0. The number of methoxy groups -OCH3 is 2. The first kappa shape index (κ1) is 44.0. The summed E-state index contributed by atoms with van der Waals surface area (Å²) in [6.45, 7) is 0. The van der Waals surface area contributed by atoms with Crippen molar-refractivity contribution in [1.29, 1.82) is 0 Å². The molecule has 0 bridgehead atoms. The lowest BCUT2D eigenvalue weighted by Crippen LogP contribution is -2.13. The molecule has 2 fully saturated rings. The van der Waals surface area contributed by atoms with E-state index in [0.29, 0.717) is 46.6 Å². The van der Waals surface area contributed by atoms with E-state index >= 15 is 0 Å².